The first-order valence-corrected chi connectivity index (χ1v) is 16.1. The molecule has 3 aromatic heterocycles. The van der Waals surface area contributed by atoms with E-state index in [2.05, 4.69) is 6.58 Å². The number of amides is 1. The number of carbonyl (C=O) groups excluding carboxylic acids is 1. The molecule has 1 atom stereocenters. The maximum Gasteiger partial charge on any atom is 0.246 e. The predicted octanol–water partition coefficient (Wildman–Crippen LogP) is 6.07. The minimum atomic E-state index is -0.789. The summed E-state index contributed by atoms with van der Waals surface area (Å²) in [7, 11) is 1.53. The van der Waals surface area contributed by atoms with Crippen molar-refractivity contribution in [2.45, 2.75) is 25.0 Å². The minimum Gasteiger partial charge on any atom is -0.490 e. The second-order valence-electron chi connectivity index (χ2n) is 11.9. The van der Waals surface area contributed by atoms with Crippen LogP contribution in [0.1, 0.15) is 24.2 Å². The number of pyridine rings is 1. The number of nitrogens with zero attached hydrogens (tertiary/aromatic N) is 4. The van der Waals surface area contributed by atoms with Gasteiger partial charge in [0, 0.05) is 47.0 Å². The van der Waals surface area contributed by atoms with E-state index in [1.165, 1.54) is 30.6 Å². The molecule has 0 saturated carbocycles. The Bertz CT molecular complexity index is 2000. The van der Waals surface area contributed by atoms with Gasteiger partial charge in [-0.1, -0.05) is 30.8 Å². The Labute approximate surface area is 274 Å². The molecule has 5 aromatic rings. The van der Waals surface area contributed by atoms with E-state index in [0.29, 0.717) is 48.9 Å². The molecule has 0 spiro atoms. The smallest absolute Gasteiger partial charge is 0.246 e. The highest BCUT2D eigenvalue weighted by molar-refractivity contribution is 7.18. The van der Waals surface area contributed by atoms with Gasteiger partial charge in [0.05, 0.1) is 54.9 Å². The summed E-state index contributed by atoms with van der Waals surface area (Å²) in [5, 5.41) is 7.67. The van der Waals surface area contributed by atoms with E-state index in [9.17, 15) is 9.18 Å². The zero-order valence-corrected chi connectivity index (χ0v) is 26.8. The van der Waals surface area contributed by atoms with Gasteiger partial charge in [0.25, 0.3) is 0 Å². The van der Waals surface area contributed by atoms with Crippen molar-refractivity contribution >= 4 is 27.3 Å². The molecule has 1 unspecified atom stereocenters. The molecule has 2 aliphatic heterocycles. The van der Waals surface area contributed by atoms with Gasteiger partial charge in [-0.25, -0.2) is 13.8 Å². The zero-order chi connectivity index (χ0) is 32.9. The van der Waals surface area contributed by atoms with Crippen LogP contribution in [-0.4, -0.2) is 65.7 Å². The molecule has 2 aliphatic rings. The van der Waals surface area contributed by atoms with Crippen LogP contribution in [0.25, 0.3) is 43.9 Å². The molecule has 1 fully saturated rings. The summed E-state index contributed by atoms with van der Waals surface area (Å²) in [6, 6.07) is 13.6. The van der Waals surface area contributed by atoms with Gasteiger partial charge < -0.3 is 24.8 Å². The van der Waals surface area contributed by atoms with Crippen LogP contribution in [0.2, 0.25) is 0 Å². The van der Waals surface area contributed by atoms with Crippen molar-refractivity contribution in [3.63, 3.8) is 0 Å². The van der Waals surface area contributed by atoms with Crippen LogP contribution in [0.5, 0.6) is 5.75 Å². The highest BCUT2D eigenvalue weighted by atomic mass is 32.1. The van der Waals surface area contributed by atoms with E-state index in [0.717, 1.165) is 33.0 Å². The van der Waals surface area contributed by atoms with Gasteiger partial charge in [-0.3, -0.25) is 9.48 Å². The number of aromatic nitrogens is 3. The molecule has 1 saturated heterocycles. The summed E-state index contributed by atoms with van der Waals surface area (Å²) >= 11 is 1.42. The lowest BCUT2D eigenvalue weighted by atomic mass is 9.88. The molecular weight excluding hydrogens is 624 g/mol. The van der Waals surface area contributed by atoms with Crippen molar-refractivity contribution < 1.29 is 27.8 Å². The molecule has 0 bridgehead atoms. The van der Waals surface area contributed by atoms with Gasteiger partial charge in [-0.2, -0.15) is 5.10 Å². The third kappa shape index (κ3) is 5.50. The van der Waals surface area contributed by atoms with Crippen molar-refractivity contribution in [3.8, 4) is 39.5 Å². The minimum absolute atomic E-state index is 0.0328. The average Bonchev–Trinajstić information content (AvgIpc) is 3.71. The largest absolute Gasteiger partial charge is 0.490 e. The fourth-order valence-electron chi connectivity index (χ4n) is 6.25. The molecule has 242 valence electrons. The SMILES string of the molecule is C=CC(=O)N1Cc2cc(-c3nc(-c4ccc(C5(N)COC5)cc4)c4ccsc4c3-c3c(F)cc(F)cc3OCCOC)nn2C(C)C1. The second kappa shape index (κ2) is 12.3. The molecular formula is C35H33F2N5O4S. The predicted molar refractivity (Wildman–Crippen MR) is 176 cm³/mol. The Hall–Kier alpha value is -4.49. The lowest BCUT2D eigenvalue weighted by Crippen LogP contribution is -2.54. The lowest BCUT2D eigenvalue weighted by Gasteiger charge is -2.38. The fraction of sp³-hybridized carbons (Fsp3) is 0.286. The van der Waals surface area contributed by atoms with Crippen LogP contribution in [-0.2, 0) is 26.4 Å². The Morgan fingerprint density at radius 3 is 2.64 bits per heavy atom. The molecule has 9 nitrogen and oxygen atoms in total. The van der Waals surface area contributed by atoms with Crippen molar-refractivity contribution in [2.75, 3.05) is 40.1 Å². The standard InChI is InChI=1S/C35H33F2N5O4S/c1-4-29(43)41-16-20(2)42-24(17-41)15-27(40-42)33-31(30-26(37)13-23(36)14-28(30)46-11-10-44-3)34-25(9-12-47-34)32(39-33)21-5-7-22(8-6-21)35(38)18-45-19-35/h4-9,12-15,20H,1,10-11,16-19,38H2,2-3H3. The molecule has 2 aromatic carbocycles. The highest BCUT2D eigenvalue weighted by Gasteiger charge is 2.36. The summed E-state index contributed by atoms with van der Waals surface area (Å²) in [6.45, 7) is 7.62. The second-order valence-corrected chi connectivity index (χ2v) is 12.8. The van der Waals surface area contributed by atoms with E-state index in [1.807, 2.05) is 53.4 Å². The Balaban J connectivity index is 1.45. The maximum atomic E-state index is 16.0. The number of nitrogens with two attached hydrogens (primary N) is 1. The van der Waals surface area contributed by atoms with Crippen LogP contribution in [0.4, 0.5) is 8.78 Å². The summed E-state index contributed by atoms with van der Waals surface area (Å²) in [5.41, 5.74) is 10.7. The van der Waals surface area contributed by atoms with Crippen LogP contribution in [0.15, 0.2) is 66.6 Å². The van der Waals surface area contributed by atoms with Crippen LogP contribution >= 0.6 is 11.3 Å². The number of benzene rings is 2. The Morgan fingerprint density at radius 1 is 1.15 bits per heavy atom. The van der Waals surface area contributed by atoms with Crippen molar-refractivity contribution in [2.24, 2.45) is 5.73 Å². The molecule has 0 aliphatic carbocycles. The number of halogens is 2. The number of rotatable bonds is 9. The van der Waals surface area contributed by atoms with Crippen LogP contribution in [0.3, 0.4) is 0 Å². The first-order chi connectivity index (χ1) is 22.7. The van der Waals surface area contributed by atoms with E-state index >= 15 is 4.39 Å². The van der Waals surface area contributed by atoms with Gasteiger partial charge in [0.1, 0.15) is 35.4 Å². The highest BCUT2D eigenvalue weighted by Crippen LogP contribution is 2.47. The summed E-state index contributed by atoms with van der Waals surface area (Å²) in [5.74, 6) is -1.69. The maximum absolute atomic E-state index is 16.0. The number of fused-ring (bicyclic) bond motifs is 2. The molecule has 2 N–H and O–H groups in total. The number of hydrogen-bond acceptors (Lipinski definition) is 8. The summed E-state index contributed by atoms with van der Waals surface area (Å²) < 4.78 is 49.7. The number of thiophene rings is 1. The van der Waals surface area contributed by atoms with E-state index in [-0.39, 0.29) is 36.5 Å². The number of hydrogen-bond donors (Lipinski definition) is 1. The van der Waals surface area contributed by atoms with Gasteiger partial charge >= 0.3 is 0 Å². The average molecular weight is 658 g/mol. The molecule has 5 heterocycles. The third-order valence-corrected chi connectivity index (χ3v) is 9.60. The van der Waals surface area contributed by atoms with Crippen molar-refractivity contribution in [1.82, 2.24) is 19.7 Å². The van der Waals surface area contributed by atoms with E-state index < -0.39 is 17.2 Å². The van der Waals surface area contributed by atoms with Crippen molar-refractivity contribution in [1.29, 1.82) is 0 Å². The first kappa shape index (κ1) is 31.1. The molecule has 1 amide bonds. The van der Waals surface area contributed by atoms with Gasteiger partial charge in [-0.15, -0.1) is 11.3 Å². The molecule has 0 radical (unpaired) electrons. The fourth-order valence-corrected chi connectivity index (χ4v) is 7.20. The third-order valence-electron chi connectivity index (χ3n) is 8.67. The Kier molecular flexibility index (Phi) is 8.13. The topological polar surface area (TPSA) is 105 Å². The molecule has 12 heteroatoms. The first-order valence-electron chi connectivity index (χ1n) is 15.2. The quantitative estimate of drug-likeness (QED) is 0.152. The monoisotopic (exact) mass is 657 g/mol. The summed E-state index contributed by atoms with van der Waals surface area (Å²) in [6.07, 6.45) is 1.30. The van der Waals surface area contributed by atoms with Crippen LogP contribution < -0.4 is 10.5 Å². The normalized spacial score (nSPS) is 17.0. The number of ether oxygens (including phenoxy) is 3. The van der Waals surface area contributed by atoms with E-state index in [1.54, 1.807) is 4.90 Å². The van der Waals surface area contributed by atoms with Crippen molar-refractivity contribution in [3.05, 3.63) is 89.5 Å². The number of carbonyl (C=O) groups is 1. The molecule has 47 heavy (non-hydrogen) atoms. The molecule has 7 rings (SSSR count). The van der Waals surface area contributed by atoms with Crippen LogP contribution in [0, 0.1) is 11.6 Å². The van der Waals surface area contributed by atoms with Gasteiger partial charge in [0.15, 0.2) is 0 Å². The lowest BCUT2D eigenvalue weighted by molar-refractivity contribution is -0.127. The van der Waals surface area contributed by atoms with Gasteiger partial charge in [-0.05, 0) is 36.1 Å². The summed E-state index contributed by atoms with van der Waals surface area (Å²) in [4.78, 5) is 19.4. The zero-order valence-electron chi connectivity index (χ0n) is 26.0. The van der Waals surface area contributed by atoms with E-state index in [4.69, 9.17) is 30.0 Å². The number of methoxy groups -OCH3 is 1. The Morgan fingerprint density at radius 2 is 1.94 bits per heavy atom. The van der Waals surface area contributed by atoms with Gasteiger partial charge in [0.2, 0.25) is 5.91 Å².